The highest BCUT2D eigenvalue weighted by Crippen LogP contribution is 2.09. The van der Waals surface area contributed by atoms with Crippen molar-refractivity contribution in [3.63, 3.8) is 0 Å². The fourth-order valence-corrected chi connectivity index (χ4v) is 0.884. The van der Waals surface area contributed by atoms with Gasteiger partial charge in [0.2, 0.25) is 5.89 Å². The van der Waals surface area contributed by atoms with E-state index in [2.05, 4.69) is 4.98 Å². The summed E-state index contributed by atoms with van der Waals surface area (Å²) in [5.74, 6) is 1.93. The maximum absolute atomic E-state index is 8.18. The fourth-order valence-electron chi connectivity index (χ4n) is 0.562. The number of thiocyanates is 1. The van der Waals surface area contributed by atoms with E-state index in [1.54, 1.807) is 6.20 Å². The molecule has 0 unspecified atom stereocenters. The number of aromatic nitrogens is 1. The van der Waals surface area contributed by atoms with Gasteiger partial charge in [0.1, 0.15) is 11.2 Å². The topological polar surface area (TPSA) is 49.8 Å². The Balaban J connectivity index is 0.000000561. The Morgan fingerprint density at radius 1 is 1.67 bits per heavy atom. The number of thioether (sulfide) groups is 1. The number of oxazole rings is 1. The Morgan fingerprint density at radius 3 is 2.75 bits per heavy atom. The van der Waals surface area contributed by atoms with E-state index < -0.39 is 0 Å². The monoisotopic (exact) mass is 184 g/mol. The molecule has 0 saturated heterocycles. The molecule has 0 amide bonds. The lowest BCUT2D eigenvalue weighted by Gasteiger charge is -1.83. The Morgan fingerprint density at radius 2 is 2.33 bits per heavy atom. The van der Waals surface area contributed by atoms with Gasteiger partial charge in [-0.05, 0) is 18.7 Å². The Labute approximate surface area is 76.8 Å². The van der Waals surface area contributed by atoms with Gasteiger partial charge in [-0.2, -0.15) is 5.26 Å². The van der Waals surface area contributed by atoms with Gasteiger partial charge in [0, 0.05) is 0 Å². The molecule has 1 rings (SSSR count). The van der Waals surface area contributed by atoms with Crippen LogP contribution >= 0.6 is 11.8 Å². The van der Waals surface area contributed by atoms with Crippen LogP contribution < -0.4 is 0 Å². The van der Waals surface area contributed by atoms with E-state index in [1.807, 2.05) is 26.2 Å². The summed E-state index contributed by atoms with van der Waals surface area (Å²) in [6, 6.07) is 0. The lowest BCUT2D eigenvalue weighted by atomic mass is 10.6. The van der Waals surface area contributed by atoms with Crippen molar-refractivity contribution < 1.29 is 4.42 Å². The molecule has 1 aromatic heterocycles. The van der Waals surface area contributed by atoms with Crippen molar-refractivity contribution >= 4 is 11.8 Å². The van der Waals surface area contributed by atoms with E-state index in [9.17, 15) is 0 Å². The molecule has 3 nitrogen and oxygen atoms in total. The number of aryl methyl sites for hydroxylation is 1. The molecule has 4 heteroatoms. The molecule has 0 aliphatic heterocycles. The predicted octanol–water partition coefficient (Wildman–Crippen LogP) is 2.72. The molecule has 1 aromatic rings. The molecule has 0 radical (unpaired) electrons. The minimum Gasteiger partial charge on any atom is -0.445 e. The summed E-state index contributed by atoms with van der Waals surface area (Å²) >= 11 is 1.12. The van der Waals surface area contributed by atoms with Crippen molar-refractivity contribution in [1.82, 2.24) is 4.98 Å². The molecule has 0 aromatic carbocycles. The third-order valence-electron chi connectivity index (χ3n) is 0.929. The van der Waals surface area contributed by atoms with E-state index in [0.29, 0.717) is 11.6 Å². The average Bonchev–Trinajstić information content (AvgIpc) is 2.51. The fraction of sp³-hybridized carbons (Fsp3) is 0.500. The van der Waals surface area contributed by atoms with E-state index in [0.717, 1.165) is 17.5 Å². The van der Waals surface area contributed by atoms with Crippen molar-refractivity contribution in [1.29, 1.82) is 5.26 Å². The van der Waals surface area contributed by atoms with Gasteiger partial charge in [0.05, 0.1) is 11.9 Å². The van der Waals surface area contributed by atoms with Crippen molar-refractivity contribution in [2.45, 2.75) is 26.5 Å². The van der Waals surface area contributed by atoms with E-state index in [-0.39, 0.29) is 0 Å². The standard InChI is InChI=1S/C6H6N2OS.C2H6/c1-5-2-8-6(9-5)3-10-4-7;1-2/h2H,3H2,1H3;1-2H3. The van der Waals surface area contributed by atoms with Crippen molar-refractivity contribution in [2.75, 3.05) is 0 Å². The molecule has 1 heterocycles. The zero-order chi connectivity index (χ0) is 9.40. The lowest BCUT2D eigenvalue weighted by Crippen LogP contribution is -1.74. The quantitative estimate of drug-likeness (QED) is 0.663. The molecular formula is C8H12N2OS. The normalized spacial score (nSPS) is 8.17. The molecule has 0 N–H and O–H groups in total. The largest absolute Gasteiger partial charge is 0.445 e. The van der Waals surface area contributed by atoms with Gasteiger partial charge in [-0.3, -0.25) is 0 Å². The van der Waals surface area contributed by atoms with Gasteiger partial charge in [0.15, 0.2) is 0 Å². The first-order valence-corrected chi connectivity index (χ1v) is 4.73. The number of hydrogen-bond acceptors (Lipinski definition) is 4. The van der Waals surface area contributed by atoms with Crippen molar-refractivity contribution in [3.8, 4) is 5.40 Å². The van der Waals surface area contributed by atoms with Crippen molar-refractivity contribution in [2.24, 2.45) is 0 Å². The molecule has 0 fully saturated rings. The molecule has 0 aliphatic rings. The third kappa shape index (κ3) is 4.04. The lowest BCUT2D eigenvalue weighted by molar-refractivity contribution is 0.491. The highest BCUT2D eigenvalue weighted by molar-refractivity contribution is 8.02. The van der Waals surface area contributed by atoms with E-state index in [4.69, 9.17) is 9.68 Å². The molecule has 0 saturated carbocycles. The van der Waals surface area contributed by atoms with Crippen LogP contribution in [-0.4, -0.2) is 4.98 Å². The number of rotatable bonds is 2. The molecule has 0 atom stereocenters. The first-order valence-electron chi connectivity index (χ1n) is 3.75. The Kier molecular flexibility index (Phi) is 6.21. The summed E-state index contributed by atoms with van der Waals surface area (Å²) in [5.41, 5.74) is 0. The van der Waals surface area contributed by atoms with Crippen LogP contribution in [0.4, 0.5) is 0 Å². The minimum atomic E-state index is 0.532. The van der Waals surface area contributed by atoms with Gasteiger partial charge in [-0.1, -0.05) is 13.8 Å². The zero-order valence-electron chi connectivity index (χ0n) is 7.50. The summed E-state index contributed by atoms with van der Waals surface area (Å²) in [5, 5.41) is 10.1. The van der Waals surface area contributed by atoms with Crippen LogP contribution in [0.25, 0.3) is 0 Å². The Bertz CT molecular complexity index is 252. The maximum Gasteiger partial charge on any atom is 0.205 e. The second kappa shape index (κ2) is 6.74. The molecule has 12 heavy (non-hydrogen) atoms. The van der Waals surface area contributed by atoms with E-state index in [1.165, 1.54) is 0 Å². The second-order valence-electron chi connectivity index (χ2n) is 1.74. The van der Waals surface area contributed by atoms with Crippen LogP contribution in [-0.2, 0) is 5.75 Å². The van der Waals surface area contributed by atoms with Gasteiger partial charge in [-0.15, -0.1) is 0 Å². The highest BCUT2D eigenvalue weighted by atomic mass is 32.2. The summed E-state index contributed by atoms with van der Waals surface area (Å²) in [4.78, 5) is 3.91. The van der Waals surface area contributed by atoms with Crippen LogP contribution in [0.2, 0.25) is 0 Å². The second-order valence-corrected chi connectivity index (χ2v) is 2.50. The summed E-state index contributed by atoms with van der Waals surface area (Å²) in [6.07, 6.45) is 1.65. The van der Waals surface area contributed by atoms with Crippen LogP contribution in [0, 0.1) is 17.6 Å². The molecular weight excluding hydrogens is 172 g/mol. The maximum atomic E-state index is 8.18. The smallest absolute Gasteiger partial charge is 0.205 e. The van der Waals surface area contributed by atoms with Crippen LogP contribution in [0.1, 0.15) is 25.5 Å². The van der Waals surface area contributed by atoms with Crippen LogP contribution in [0.5, 0.6) is 0 Å². The zero-order valence-corrected chi connectivity index (χ0v) is 8.31. The SMILES string of the molecule is CC.Cc1cnc(CSC#N)o1. The average molecular weight is 184 g/mol. The first kappa shape index (κ1) is 11.1. The van der Waals surface area contributed by atoms with Gasteiger partial charge in [0.25, 0.3) is 0 Å². The first-order chi connectivity index (χ1) is 5.83. The molecule has 0 bridgehead atoms. The van der Waals surface area contributed by atoms with Crippen molar-refractivity contribution in [3.05, 3.63) is 17.8 Å². The summed E-state index contributed by atoms with van der Waals surface area (Å²) in [6.45, 7) is 5.83. The van der Waals surface area contributed by atoms with Gasteiger partial charge >= 0.3 is 0 Å². The van der Waals surface area contributed by atoms with Gasteiger partial charge in [-0.25, -0.2) is 4.98 Å². The number of nitrogens with zero attached hydrogens (tertiary/aromatic N) is 2. The van der Waals surface area contributed by atoms with Crippen LogP contribution in [0.15, 0.2) is 10.6 Å². The highest BCUT2D eigenvalue weighted by Gasteiger charge is 1.98. The van der Waals surface area contributed by atoms with Crippen LogP contribution in [0.3, 0.4) is 0 Å². The predicted molar refractivity (Wildman–Crippen MR) is 49.5 cm³/mol. The molecule has 66 valence electrons. The Hall–Kier alpha value is -0.950. The molecule has 0 spiro atoms. The summed E-state index contributed by atoms with van der Waals surface area (Å²) < 4.78 is 5.10. The number of hydrogen-bond donors (Lipinski definition) is 0. The molecule has 0 aliphatic carbocycles. The third-order valence-corrected chi connectivity index (χ3v) is 1.45. The van der Waals surface area contributed by atoms with E-state index >= 15 is 0 Å². The van der Waals surface area contributed by atoms with Gasteiger partial charge < -0.3 is 4.42 Å². The number of nitriles is 1. The summed E-state index contributed by atoms with van der Waals surface area (Å²) in [7, 11) is 0. The minimum absolute atomic E-state index is 0.532.